The zero-order valence-corrected chi connectivity index (χ0v) is 13.3. The fraction of sp³-hybridized carbons (Fsp3) is 0.105. The van der Waals surface area contributed by atoms with Crippen LogP contribution in [-0.2, 0) is 0 Å². The van der Waals surface area contributed by atoms with E-state index in [2.05, 4.69) is 17.4 Å². The van der Waals surface area contributed by atoms with Crippen LogP contribution in [0.3, 0.4) is 0 Å². The molecule has 0 radical (unpaired) electrons. The summed E-state index contributed by atoms with van der Waals surface area (Å²) in [5.74, 6) is -0.199. The molecule has 0 saturated carbocycles. The van der Waals surface area contributed by atoms with E-state index in [1.54, 1.807) is 12.1 Å². The monoisotopic (exact) mass is 319 g/mol. The number of nitrogens with one attached hydrogen (secondary N) is 1. The molecule has 0 saturated heterocycles. The number of benzene rings is 3. The van der Waals surface area contributed by atoms with Gasteiger partial charge in [-0.05, 0) is 46.9 Å². The summed E-state index contributed by atoms with van der Waals surface area (Å²) in [6.45, 7) is 1.94. The lowest BCUT2D eigenvalue weighted by molar-refractivity contribution is 0.0940. The van der Waals surface area contributed by atoms with Gasteiger partial charge in [-0.2, -0.15) is 0 Å². The predicted molar refractivity (Wildman–Crippen MR) is 96.1 cm³/mol. The molecule has 1 amide bonds. The summed E-state index contributed by atoms with van der Waals surface area (Å²) in [5, 5.41) is 23.4. The summed E-state index contributed by atoms with van der Waals surface area (Å²) in [6.07, 6.45) is 0. The Bertz CT molecular complexity index is 862. The van der Waals surface area contributed by atoms with Gasteiger partial charge in [0, 0.05) is 5.56 Å². The molecule has 5 heteroatoms. The zero-order chi connectivity index (χ0) is 17.1. The first-order valence-corrected chi connectivity index (χ1v) is 7.80. The average Bonchev–Trinajstić information content (AvgIpc) is 2.61. The van der Waals surface area contributed by atoms with Crippen molar-refractivity contribution in [3.05, 3.63) is 77.9 Å². The number of carbonyl (C=O) groups excluding carboxylic acids is 1. The fourth-order valence-electron chi connectivity index (χ4n) is 2.65. The highest BCUT2D eigenvalue weighted by atomic mass is 16.4. The first kappa shape index (κ1) is 16.2. The molecule has 1 atom stereocenters. The first-order chi connectivity index (χ1) is 11.5. The molecular weight excluding hydrogens is 301 g/mol. The van der Waals surface area contributed by atoms with Gasteiger partial charge in [0.15, 0.2) is 0 Å². The van der Waals surface area contributed by atoms with Crippen molar-refractivity contribution < 1.29 is 14.8 Å². The van der Waals surface area contributed by atoms with E-state index in [0.29, 0.717) is 11.0 Å². The topological polar surface area (TPSA) is 69.6 Å². The van der Waals surface area contributed by atoms with Crippen molar-refractivity contribution in [2.24, 2.45) is 0 Å². The molecule has 0 aliphatic heterocycles. The van der Waals surface area contributed by atoms with Crippen LogP contribution in [0.15, 0.2) is 66.7 Å². The molecule has 0 aliphatic rings. The third-order valence-corrected chi connectivity index (χ3v) is 4.09. The minimum atomic E-state index is -1.53. The normalized spacial score (nSPS) is 12.0. The van der Waals surface area contributed by atoms with E-state index in [-0.39, 0.29) is 11.9 Å². The van der Waals surface area contributed by atoms with Crippen molar-refractivity contribution >= 4 is 29.3 Å². The van der Waals surface area contributed by atoms with E-state index in [1.165, 1.54) is 12.1 Å². The number of carbonyl (C=O) groups is 1. The van der Waals surface area contributed by atoms with Crippen molar-refractivity contribution in [1.29, 1.82) is 0 Å². The second-order valence-corrected chi connectivity index (χ2v) is 5.80. The van der Waals surface area contributed by atoms with Gasteiger partial charge in [-0.3, -0.25) is 4.79 Å². The highest BCUT2D eigenvalue weighted by molar-refractivity contribution is 6.58. The molecule has 0 unspecified atom stereocenters. The molecule has 0 aliphatic carbocycles. The van der Waals surface area contributed by atoms with E-state index in [0.717, 1.165) is 16.3 Å². The van der Waals surface area contributed by atoms with Gasteiger partial charge in [0.25, 0.3) is 5.91 Å². The largest absolute Gasteiger partial charge is 0.488 e. The van der Waals surface area contributed by atoms with Crippen LogP contribution in [0.1, 0.15) is 28.9 Å². The number of amides is 1. The molecular formula is C19H18BNO3. The molecule has 0 heterocycles. The van der Waals surface area contributed by atoms with Gasteiger partial charge in [-0.25, -0.2) is 0 Å². The minimum Gasteiger partial charge on any atom is -0.423 e. The molecule has 0 spiro atoms. The molecule has 3 aromatic carbocycles. The molecule has 4 nitrogen and oxygen atoms in total. The molecule has 0 fully saturated rings. The highest BCUT2D eigenvalue weighted by Gasteiger charge is 2.14. The number of hydrogen-bond acceptors (Lipinski definition) is 3. The van der Waals surface area contributed by atoms with Crippen LogP contribution >= 0.6 is 0 Å². The SMILES string of the molecule is C[C@@H](NC(=O)c1ccc(B(O)O)cc1)c1ccc2ccccc2c1. The van der Waals surface area contributed by atoms with Crippen LogP contribution in [0, 0.1) is 0 Å². The highest BCUT2D eigenvalue weighted by Crippen LogP contribution is 2.20. The number of rotatable bonds is 4. The summed E-state index contributed by atoms with van der Waals surface area (Å²) in [4.78, 5) is 12.3. The molecule has 3 rings (SSSR count). The third-order valence-electron chi connectivity index (χ3n) is 4.09. The predicted octanol–water partition coefficient (Wildman–Crippen LogP) is 2.01. The maximum Gasteiger partial charge on any atom is 0.488 e. The number of hydrogen-bond donors (Lipinski definition) is 3. The molecule has 3 N–H and O–H groups in total. The van der Waals surface area contributed by atoms with Gasteiger partial charge in [-0.1, -0.05) is 48.5 Å². The van der Waals surface area contributed by atoms with Gasteiger partial charge < -0.3 is 15.4 Å². The van der Waals surface area contributed by atoms with Gasteiger partial charge in [0.2, 0.25) is 0 Å². The fourth-order valence-corrected chi connectivity index (χ4v) is 2.65. The Kier molecular flexibility index (Phi) is 4.65. The van der Waals surface area contributed by atoms with Gasteiger partial charge >= 0.3 is 7.12 Å². The van der Waals surface area contributed by atoms with Crippen LogP contribution in [-0.4, -0.2) is 23.1 Å². The van der Waals surface area contributed by atoms with E-state index < -0.39 is 7.12 Å². The lowest BCUT2D eigenvalue weighted by Gasteiger charge is -2.15. The Morgan fingerprint density at radius 2 is 1.62 bits per heavy atom. The van der Waals surface area contributed by atoms with Crippen molar-refractivity contribution in [3.63, 3.8) is 0 Å². The molecule has 3 aromatic rings. The Morgan fingerprint density at radius 3 is 2.29 bits per heavy atom. The summed E-state index contributed by atoms with van der Waals surface area (Å²) in [6, 6.07) is 20.3. The maximum absolute atomic E-state index is 12.3. The molecule has 0 aromatic heterocycles. The van der Waals surface area contributed by atoms with Crippen LogP contribution in [0.25, 0.3) is 10.8 Å². The summed E-state index contributed by atoms with van der Waals surface area (Å²) in [5.41, 5.74) is 1.87. The van der Waals surface area contributed by atoms with E-state index >= 15 is 0 Å². The Hall–Kier alpha value is -2.63. The van der Waals surface area contributed by atoms with E-state index in [4.69, 9.17) is 10.0 Å². The van der Waals surface area contributed by atoms with Crippen LogP contribution in [0.4, 0.5) is 0 Å². The maximum atomic E-state index is 12.3. The molecule has 24 heavy (non-hydrogen) atoms. The summed E-state index contributed by atoms with van der Waals surface area (Å²) < 4.78 is 0. The van der Waals surface area contributed by atoms with Crippen LogP contribution in [0.5, 0.6) is 0 Å². The second-order valence-electron chi connectivity index (χ2n) is 5.80. The summed E-state index contributed by atoms with van der Waals surface area (Å²) >= 11 is 0. The van der Waals surface area contributed by atoms with Crippen molar-refractivity contribution in [2.75, 3.05) is 0 Å². The van der Waals surface area contributed by atoms with E-state index in [9.17, 15) is 4.79 Å². The van der Waals surface area contributed by atoms with Crippen LogP contribution in [0.2, 0.25) is 0 Å². The smallest absolute Gasteiger partial charge is 0.423 e. The average molecular weight is 319 g/mol. The minimum absolute atomic E-state index is 0.134. The molecule has 120 valence electrons. The standard InChI is InChI=1S/C19H18BNO3/c1-13(16-7-6-14-4-2-3-5-17(14)12-16)21-19(22)15-8-10-18(11-9-15)20(23)24/h2-13,23-24H,1H3,(H,21,22)/t13-/m1/s1. The quantitative estimate of drug-likeness (QED) is 0.644. The van der Waals surface area contributed by atoms with Crippen molar-refractivity contribution in [1.82, 2.24) is 5.32 Å². The van der Waals surface area contributed by atoms with Gasteiger partial charge in [-0.15, -0.1) is 0 Å². The third kappa shape index (κ3) is 3.48. The Labute approximate surface area is 140 Å². The van der Waals surface area contributed by atoms with Gasteiger partial charge in [0.05, 0.1) is 6.04 Å². The molecule has 0 bridgehead atoms. The zero-order valence-electron chi connectivity index (χ0n) is 13.3. The first-order valence-electron chi connectivity index (χ1n) is 7.80. The lowest BCUT2D eigenvalue weighted by Crippen LogP contribution is -2.31. The van der Waals surface area contributed by atoms with Gasteiger partial charge in [0.1, 0.15) is 0 Å². The van der Waals surface area contributed by atoms with Crippen molar-refractivity contribution in [2.45, 2.75) is 13.0 Å². The number of fused-ring (bicyclic) bond motifs is 1. The Morgan fingerprint density at radius 1 is 0.958 bits per heavy atom. The van der Waals surface area contributed by atoms with Crippen molar-refractivity contribution in [3.8, 4) is 0 Å². The second kappa shape index (κ2) is 6.87. The summed E-state index contributed by atoms with van der Waals surface area (Å²) in [7, 11) is -1.53. The lowest BCUT2D eigenvalue weighted by atomic mass is 9.80. The van der Waals surface area contributed by atoms with Crippen LogP contribution < -0.4 is 10.8 Å². The Balaban J connectivity index is 1.74. The van der Waals surface area contributed by atoms with E-state index in [1.807, 2.05) is 37.3 Å².